The van der Waals surface area contributed by atoms with E-state index in [1.165, 1.54) is 12.1 Å². The molecule has 2 N–H and O–H groups in total. The molecule has 1 aromatic carbocycles. The molecular weight excluding hydrogens is 213 g/mol. The molecule has 3 heteroatoms. The van der Waals surface area contributed by atoms with E-state index >= 15 is 0 Å². The first-order valence-corrected chi connectivity index (χ1v) is 5.64. The first-order valence-electron chi connectivity index (χ1n) is 5.26. The quantitative estimate of drug-likeness (QED) is 0.832. The normalized spacial score (nSPS) is 15.0. The molecule has 0 saturated carbocycles. The van der Waals surface area contributed by atoms with Crippen molar-refractivity contribution in [3.05, 3.63) is 34.6 Å². The lowest BCUT2D eigenvalue weighted by atomic mass is 9.91. The summed E-state index contributed by atoms with van der Waals surface area (Å²) in [7, 11) is 0. The fourth-order valence-corrected chi connectivity index (χ4v) is 1.89. The van der Waals surface area contributed by atoms with E-state index in [2.05, 4.69) is 6.92 Å². The molecule has 0 amide bonds. The maximum atomic E-state index is 13.5. The van der Waals surface area contributed by atoms with E-state index in [1.54, 1.807) is 6.07 Å². The Bertz CT molecular complexity index is 327. The molecule has 0 aliphatic carbocycles. The van der Waals surface area contributed by atoms with E-state index in [0.29, 0.717) is 10.6 Å². The van der Waals surface area contributed by atoms with Crippen LogP contribution in [-0.2, 0) is 0 Å². The Kier molecular flexibility index (Phi) is 4.55. The lowest BCUT2D eigenvalue weighted by molar-refractivity contribution is 0.420. The molecule has 2 unspecified atom stereocenters. The van der Waals surface area contributed by atoms with Gasteiger partial charge in [-0.15, -0.1) is 0 Å². The van der Waals surface area contributed by atoms with Crippen LogP contribution in [-0.4, -0.2) is 0 Å². The highest BCUT2D eigenvalue weighted by Crippen LogP contribution is 2.27. The Balaban J connectivity index is 2.89. The summed E-state index contributed by atoms with van der Waals surface area (Å²) in [4.78, 5) is 0. The van der Waals surface area contributed by atoms with Crippen molar-refractivity contribution >= 4 is 11.6 Å². The lowest BCUT2D eigenvalue weighted by Crippen LogP contribution is -2.20. The molecule has 0 heterocycles. The van der Waals surface area contributed by atoms with Gasteiger partial charge in [0.25, 0.3) is 0 Å². The Hall–Kier alpha value is -0.600. The molecular formula is C12H17ClFN. The summed E-state index contributed by atoms with van der Waals surface area (Å²) < 4.78 is 13.5. The van der Waals surface area contributed by atoms with E-state index in [9.17, 15) is 4.39 Å². The standard InChI is InChI=1S/C12H17ClFN/c1-3-4-8(2)12(15)10-7-9(13)5-6-11(10)14/h5-8,12H,3-4,15H2,1-2H3. The minimum absolute atomic E-state index is 0.267. The highest BCUT2D eigenvalue weighted by atomic mass is 35.5. The number of benzene rings is 1. The first-order chi connectivity index (χ1) is 7.06. The summed E-state index contributed by atoms with van der Waals surface area (Å²) in [5, 5.41) is 0.533. The zero-order chi connectivity index (χ0) is 11.4. The van der Waals surface area contributed by atoms with Crippen LogP contribution in [0, 0.1) is 11.7 Å². The molecule has 1 nitrogen and oxygen atoms in total. The van der Waals surface area contributed by atoms with Crippen molar-refractivity contribution in [2.24, 2.45) is 11.7 Å². The van der Waals surface area contributed by atoms with Gasteiger partial charge in [0.1, 0.15) is 5.82 Å². The molecule has 0 bridgehead atoms. The van der Waals surface area contributed by atoms with Crippen LogP contribution in [0.2, 0.25) is 5.02 Å². The van der Waals surface area contributed by atoms with Gasteiger partial charge in [-0.3, -0.25) is 0 Å². The molecule has 0 spiro atoms. The van der Waals surface area contributed by atoms with Crippen LogP contribution in [0.25, 0.3) is 0 Å². The summed E-state index contributed by atoms with van der Waals surface area (Å²) in [6.45, 7) is 4.13. The SMILES string of the molecule is CCCC(C)C(N)c1cc(Cl)ccc1F. The van der Waals surface area contributed by atoms with Crippen molar-refractivity contribution in [1.29, 1.82) is 0 Å². The third kappa shape index (κ3) is 3.18. The molecule has 1 aromatic rings. The molecule has 1 rings (SSSR count). The van der Waals surface area contributed by atoms with Gasteiger partial charge < -0.3 is 5.73 Å². The maximum Gasteiger partial charge on any atom is 0.128 e. The fourth-order valence-electron chi connectivity index (χ4n) is 1.71. The number of hydrogen-bond donors (Lipinski definition) is 1. The van der Waals surface area contributed by atoms with Crippen LogP contribution in [0.4, 0.5) is 4.39 Å². The number of hydrogen-bond acceptors (Lipinski definition) is 1. The smallest absolute Gasteiger partial charge is 0.128 e. The second-order valence-electron chi connectivity index (χ2n) is 3.96. The van der Waals surface area contributed by atoms with Crippen LogP contribution >= 0.6 is 11.6 Å². The van der Waals surface area contributed by atoms with Crippen LogP contribution in [0.5, 0.6) is 0 Å². The van der Waals surface area contributed by atoms with Gasteiger partial charge in [-0.05, 0) is 30.5 Å². The molecule has 84 valence electrons. The number of nitrogens with two attached hydrogens (primary N) is 1. The third-order valence-corrected chi connectivity index (χ3v) is 2.91. The number of rotatable bonds is 4. The second-order valence-corrected chi connectivity index (χ2v) is 4.39. The minimum atomic E-state index is -0.274. The van der Waals surface area contributed by atoms with Gasteiger partial charge in [0.2, 0.25) is 0 Å². The summed E-state index contributed by atoms with van der Waals surface area (Å²) in [6.07, 6.45) is 2.05. The Morgan fingerprint density at radius 3 is 2.73 bits per heavy atom. The van der Waals surface area contributed by atoms with Gasteiger partial charge in [-0.1, -0.05) is 31.9 Å². The minimum Gasteiger partial charge on any atom is -0.324 e. The summed E-state index contributed by atoms with van der Waals surface area (Å²) in [5.41, 5.74) is 6.51. The van der Waals surface area contributed by atoms with Crippen molar-refractivity contribution in [3.8, 4) is 0 Å². The molecule has 0 fully saturated rings. The van der Waals surface area contributed by atoms with Crippen LogP contribution < -0.4 is 5.73 Å². The van der Waals surface area contributed by atoms with Crippen LogP contribution in [0.1, 0.15) is 38.3 Å². The summed E-state index contributed by atoms with van der Waals surface area (Å²) >= 11 is 5.82. The highest BCUT2D eigenvalue weighted by Gasteiger charge is 2.17. The largest absolute Gasteiger partial charge is 0.324 e. The molecule has 0 aromatic heterocycles. The molecule has 0 radical (unpaired) electrons. The molecule has 0 saturated heterocycles. The third-order valence-electron chi connectivity index (χ3n) is 2.67. The van der Waals surface area contributed by atoms with E-state index in [4.69, 9.17) is 17.3 Å². The van der Waals surface area contributed by atoms with Crippen LogP contribution in [0.15, 0.2) is 18.2 Å². The fraction of sp³-hybridized carbons (Fsp3) is 0.500. The van der Waals surface area contributed by atoms with Crippen molar-refractivity contribution in [3.63, 3.8) is 0 Å². The molecule has 0 aliphatic rings. The van der Waals surface area contributed by atoms with Crippen molar-refractivity contribution in [2.45, 2.75) is 32.7 Å². The average Bonchev–Trinajstić information content (AvgIpc) is 2.21. The van der Waals surface area contributed by atoms with E-state index in [-0.39, 0.29) is 17.8 Å². The van der Waals surface area contributed by atoms with Gasteiger partial charge >= 0.3 is 0 Å². The molecule has 15 heavy (non-hydrogen) atoms. The van der Waals surface area contributed by atoms with Crippen molar-refractivity contribution in [2.75, 3.05) is 0 Å². The summed E-state index contributed by atoms with van der Waals surface area (Å²) in [5.74, 6) is -0.00202. The van der Waals surface area contributed by atoms with E-state index in [1.807, 2.05) is 6.92 Å². The van der Waals surface area contributed by atoms with Crippen molar-refractivity contribution < 1.29 is 4.39 Å². The van der Waals surface area contributed by atoms with Gasteiger partial charge in [0.05, 0.1) is 0 Å². The van der Waals surface area contributed by atoms with Crippen LogP contribution in [0.3, 0.4) is 0 Å². The maximum absolute atomic E-state index is 13.5. The monoisotopic (exact) mass is 229 g/mol. The lowest BCUT2D eigenvalue weighted by Gasteiger charge is -2.20. The molecule has 2 atom stereocenters. The van der Waals surface area contributed by atoms with Gasteiger partial charge in [-0.2, -0.15) is 0 Å². The highest BCUT2D eigenvalue weighted by molar-refractivity contribution is 6.30. The second kappa shape index (κ2) is 5.47. The van der Waals surface area contributed by atoms with E-state index in [0.717, 1.165) is 12.8 Å². The summed E-state index contributed by atoms with van der Waals surface area (Å²) in [6, 6.07) is 4.25. The predicted octanol–water partition coefficient (Wildman–Crippen LogP) is 3.92. The first kappa shape index (κ1) is 12.5. The topological polar surface area (TPSA) is 26.0 Å². The van der Waals surface area contributed by atoms with Crippen molar-refractivity contribution in [1.82, 2.24) is 0 Å². The van der Waals surface area contributed by atoms with Gasteiger partial charge in [-0.25, -0.2) is 4.39 Å². The molecule has 0 aliphatic heterocycles. The zero-order valence-corrected chi connectivity index (χ0v) is 9.89. The van der Waals surface area contributed by atoms with E-state index < -0.39 is 0 Å². The van der Waals surface area contributed by atoms with Gasteiger partial charge in [0.15, 0.2) is 0 Å². The zero-order valence-electron chi connectivity index (χ0n) is 9.13. The average molecular weight is 230 g/mol. The Labute approximate surface area is 95.4 Å². The van der Waals surface area contributed by atoms with Gasteiger partial charge in [0, 0.05) is 16.6 Å². The Morgan fingerprint density at radius 2 is 2.13 bits per heavy atom. The predicted molar refractivity (Wildman–Crippen MR) is 62.4 cm³/mol. The Morgan fingerprint density at radius 1 is 1.47 bits per heavy atom. The number of halogens is 2.